The number of ether oxygens (including phenoxy) is 1. The van der Waals surface area contributed by atoms with Crippen LogP contribution in [0.2, 0.25) is 0 Å². The average molecular weight is 481 g/mol. The molecule has 4 aromatic rings. The van der Waals surface area contributed by atoms with Crippen LogP contribution in [0.3, 0.4) is 0 Å². The van der Waals surface area contributed by atoms with Gasteiger partial charge in [0.15, 0.2) is 5.13 Å². The van der Waals surface area contributed by atoms with E-state index in [4.69, 9.17) is 4.74 Å². The Labute approximate surface area is 186 Å². The van der Waals surface area contributed by atoms with Crippen molar-refractivity contribution in [3.63, 3.8) is 0 Å². The zero-order valence-corrected chi connectivity index (χ0v) is 18.4. The van der Waals surface area contributed by atoms with Crippen LogP contribution in [0.5, 0.6) is 0 Å². The maximum atomic E-state index is 13.4. The monoisotopic (exact) mass is 480 g/mol. The number of carbonyl (C=O) groups excluding carboxylic acids is 2. The lowest BCUT2D eigenvalue weighted by atomic mass is 10.1. The van der Waals surface area contributed by atoms with Gasteiger partial charge in [-0.05, 0) is 48.0 Å². The normalized spacial score (nSPS) is 10.7. The fourth-order valence-corrected chi connectivity index (χ4v) is 4.53. The third-order valence-corrected chi connectivity index (χ3v) is 6.09. The quantitative estimate of drug-likeness (QED) is 0.344. The van der Waals surface area contributed by atoms with Crippen LogP contribution in [0.25, 0.3) is 10.2 Å². The summed E-state index contributed by atoms with van der Waals surface area (Å²) >= 11 is 4.95. The van der Waals surface area contributed by atoms with Crippen LogP contribution in [0.1, 0.15) is 26.3 Å². The Bertz CT molecular complexity index is 1210. The summed E-state index contributed by atoms with van der Waals surface area (Å²) in [6.45, 7) is 0.388. The maximum Gasteiger partial charge on any atom is 0.337 e. The zero-order chi connectivity index (χ0) is 21.1. The standard InChI is InChI=1S/C23H17BrN2O3S/c1-29-22(28)17-9-7-16(8-10-17)21(27)26(14-15-5-3-2-4-6-15)23-25-19-12-11-18(24)13-20(19)30-23/h2-13H,14H2,1H3. The zero-order valence-electron chi connectivity index (χ0n) is 16.0. The Morgan fingerprint density at radius 1 is 1.00 bits per heavy atom. The van der Waals surface area contributed by atoms with Gasteiger partial charge < -0.3 is 4.74 Å². The van der Waals surface area contributed by atoms with Gasteiger partial charge in [-0.1, -0.05) is 57.6 Å². The molecular weight excluding hydrogens is 464 g/mol. The van der Waals surface area contributed by atoms with Crippen LogP contribution in [0, 0.1) is 0 Å². The van der Waals surface area contributed by atoms with Crippen LogP contribution < -0.4 is 4.90 Å². The van der Waals surface area contributed by atoms with Crippen LogP contribution in [0.4, 0.5) is 5.13 Å². The van der Waals surface area contributed by atoms with Crippen molar-refractivity contribution < 1.29 is 14.3 Å². The van der Waals surface area contributed by atoms with Crippen molar-refractivity contribution >= 4 is 54.5 Å². The molecule has 1 heterocycles. The molecule has 150 valence electrons. The summed E-state index contributed by atoms with van der Waals surface area (Å²) in [6.07, 6.45) is 0. The minimum Gasteiger partial charge on any atom is -0.465 e. The lowest BCUT2D eigenvalue weighted by Gasteiger charge is -2.20. The van der Waals surface area contributed by atoms with E-state index in [2.05, 4.69) is 20.9 Å². The molecule has 0 aliphatic rings. The number of esters is 1. The van der Waals surface area contributed by atoms with Crippen LogP contribution in [-0.2, 0) is 11.3 Å². The number of methoxy groups -OCH3 is 1. The number of rotatable bonds is 5. The number of amides is 1. The highest BCUT2D eigenvalue weighted by molar-refractivity contribution is 9.10. The molecule has 0 spiro atoms. The summed E-state index contributed by atoms with van der Waals surface area (Å²) in [5.41, 5.74) is 2.70. The van der Waals surface area contributed by atoms with E-state index in [0.29, 0.717) is 22.8 Å². The van der Waals surface area contributed by atoms with Gasteiger partial charge in [-0.2, -0.15) is 0 Å². The number of hydrogen-bond donors (Lipinski definition) is 0. The molecule has 30 heavy (non-hydrogen) atoms. The van der Waals surface area contributed by atoms with E-state index in [-0.39, 0.29) is 5.91 Å². The summed E-state index contributed by atoms with van der Waals surface area (Å²) in [6, 6.07) is 22.1. The van der Waals surface area contributed by atoms with Gasteiger partial charge in [0, 0.05) is 10.0 Å². The number of hydrogen-bond acceptors (Lipinski definition) is 5. The van der Waals surface area contributed by atoms with Gasteiger partial charge in [-0.25, -0.2) is 9.78 Å². The first kappa shape index (κ1) is 20.3. The maximum absolute atomic E-state index is 13.4. The Balaban J connectivity index is 1.72. The van der Waals surface area contributed by atoms with Gasteiger partial charge in [0.1, 0.15) is 0 Å². The molecule has 5 nitrogen and oxygen atoms in total. The van der Waals surface area contributed by atoms with Crippen LogP contribution >= 0.6 is 27.3 Å². The Hall–Kier alpha value is -3.03. The van der Waals surface area contributed by atoms with E-state index in [1.54, 1.807) is 29.2 Å². The average Bonchev–Trinajstić information content (AvgIpc) is 3.20. The minimum absolute atomic E-state index is 0.187. The SMILES string of the molecule is COC(=O)c1ccc(C(=O)N(Cc2ccccc2)c2nc3ccc(Br)cc3s2)cc1. The molecule has 0 bridgehead atoms. The first-order chi connectivity index (χ1) is 14.5. The summed E-state index contributed by atoms with van der Waals surface area (Å²) in [5.74, 6) is -0.625. The lowest BCUT2D eigenvalue weighted by Crippen LogP contribution is -2.30. The lowest BCUT2D eigenvalue weighted by molar-refractivity contribution is 0.0600. The Morgan fingerprint density at radius 3 is 2.40 bits per heavy atom. The van der Waals surface area contributed by atoms with Crippen molar-refractivity contribution in [2.45, 2.75) is 6.54 Å². The number of carbonyl (C=O) groups is 2. The van der Waals surface area contributed by atoms with Crippen molar-refractivity contribution in [3.05, 3.63) is 94.0 Å². The van der Waals surface area contributed by atoms with Gasteiger partial charge in [0.05, 0.1) is 29.4 Å². The van der Waals surface area contributed by atoms with Gasteiger partial charge in [0.25, 0.3) is 5.91 Å². The molecule has 0 atom stereocenters. The molecule has 0 saturated carbocycles. The summed E-state index contributed by atoms with van der Waals surface area (Å²) < 4.78 is 6.68. The highest BCUT2D eigenvalue weighted by Gasteiger charge is 2.22. The molecule has 1 amide bonds. The van der Waals surface area contributed by atoms with E-state index < -0.39 is 5.97 Å². The van der Waals surface area contributed by atoms with E-state index >= 15 is 0 Å². The highest BCUT2D eigenvalue weighted by Crippen LogP contribution is 2.32. The molecule has 0 fully saturated rings. The van der Waals surface area contributed by atoms with Crippen molar-refractivity contribution in [1.29, 1.82) is 0 Å². The molecule has 0 saturated heterocycles. The fourth-order valence-electron chi connectivity index (χ4n) is 3.02. The van der Waals surface area contributed by atoms with E-state index in [9.17, 15) is 9.59 Å². The number of aromatic nitrogens is 1. The molecule has 0 aliphatic carbocycles. The summed E-state index contributed by atoms with van der Waals surface area (Å²) in [5, 5.41) is 0.619. The summed E-state index contributed by atoms with van der Waals surface area (Å²) in [4.78, 5) is 31.5. The topological polar surface area (TPSA) is 59.5 Å². The first-order valence-corrected chi connectivity index (χ1v) is 10.8. The number of benzene rings is 3. The van der Waals surface area contributed by atoms with Gasteiger partial charge in [0.2, 0.25) is 0 Å². The van der Waals surface area contributed by atoms with Gasteiger partial charge >= 0.3 is 5.97 Å². The van der Waals surface area contributed by atoms with Crippen LogP contribution in [-0.4, -0.2) is 24.0 Å². The predicted octanol–water partition coefficient (Wildman–Crippen LogP) is 5.69. The first-order valence-electron chi connectivity index (χ1n) is 9.15. The largest absolute Gasteiger partial charge is 0.465 e. The Morgan fingerprint density at radius 2 is 1.70 bits per heavy atom. The molecular formula is C23H17BrN2O3S. The molecule has 0 radical (unpaired) electrons. The number of nitrogens with zero attached hydrogens (tertiary/aromatic N) is 2. The highest BCUT2D eigenvalue weighted by atomic mass is 79.9. The second-order valence-electron chi connectivity index (χ2n) is 6.55. The number of thiazole rings is 1. The van der Waals surface area contributed by atoms with E-state index in [1.807, 2.05) is 48.5 Å². The van der Waals surface area contributed by atoms with Gasteiger partial charge in [-0.3, -0.25) is 9.69 Å². The molecule has 3 aromatic carbocycles. The van der Waals surface area contributed by atoms with Crippen molar-refractivity contribution in [2.24, 2.45) is 0 Å². The number of halogens is 1. The van der Waals surface area contributed by atoms with Gasteiger partial charge in [-0.15, -0.1) is 0 Å². The second-order valence-corrected chi connectivity index (χ2v) is 8.48. The van der Waals surface area contributed by atoms with Crippen LogP contribution in [0.15, 0.2) is 77.3 Å². The summed E-state index contributed by atoms with van der Waals surface area (Å²) in [7, 11) is 1.33. The molecule has 0 unspecified atom stereocenters. The number of fused-ring (bicyclic) bond motifs is 1. The van der Waals surface area contributed by atoms with Crippen molar-refractivity contribution in [1.82, 2.24) is 4.98 Å². The second kappa shape index (κ2) is 8.77. The minimum atomic E-state index is -0.438. The third kappa shape index (κ3) is 4.27. The number of anilines is 1. The fraction of sp³-hybridized carbons (Fsp3) is 0.0870. The Kier molecular flexibility index (Phi) is 5.92. The molecule has 4 rings (SSSR count). The smallest absolute Gasteiger partial charge is 0.337 e. The van der Waals surface area contributed by atoms with Crippen molar-refractivity contribution in [2.75, 3.05) is 12.0 Å². The van der Waals surface area contributed by atoms with E-state index in [0.717, 1.165) is 20.3 Å². The molecule has 7 heteroatoms. The predicted molar refractivity (Wildman–Crippen MR) is 122 cm³/mol. The third-order valence-electron chi connectivity index (χ3n) is 4.55. The van der Waals surface area contributed by atoms with E-state index in [1.165, 1.54) is 18.4 Å². The molecule has 0 N–H and O–H groups in total. The van der Waals surface area contributed by atoms with Crippen molar-refractivity contribution in [3.8, 4) is 0 Å². The molecule has 0 aliphatic heterocycles. The molecule has 1 aromatic heterocycles.